The van der Waals surface area contributed by atoms with E-state index in [1.54, 1.807) is 0 Å². The van der Waals surface area contributed by atoms with E-state index in [1.165, 1.54) is 13.3 Å². The van der Waals surface area contributed by atoms with Gasteiger partial charge < -0.3 is 20.7 Å². The molecule has 2 atom stereocenters. The minimum Gasteiger partial charge on any atom is -0.476 e. The second-order valence-electron chi connectivity index (χ2n) is 3.64. The Kier molecular flexibility index (Phi) is 4.95. The fourth-order valence-electron chi connectivity index (χ4n) is 1.46. The van der Waals surface area contributed by atoms with Gasteiger partial charge in [-0.05, 0) is 13.0 Å². The lowest BCUT2D eigenvalue weighted by molar-refractivity contribution is -0.386. The van der Waals surface area contributed by atoms with Crippen molar-refractivity contribution in [1.82, 2.24) is 4.98 Å². The summed E-state index contributed by atoms with van der Waals surface area (Å²) in [5.41, 5.74) is 5.03. The van der Waals surface area contributed by atoms with Crippen LogP contribution in [0.4, 0.5) is 5.69 Å². The molecule has 0 aliphatic rings. The highest BCUT2D eigenvalue weighted by Crippen LogP contribution is 2.28. The molecule has 4 N–H and O–H groups in total. The average molecular weight is 257 g/mol. The molecule has 0 amide bonds. The second kappa shape index (κ2) is 6.24. The number of aromatic nitrogens is 1. The molecule has 0 fully saturated rings. The van der Waals surface area contributed by atoms with Crippen LogP contribution >= 0.6 is 0 Å². The van der Waals surface area contributed by atoms with Gasteiger partial charge in [-0.1, -0.05) is 0 Å². The van der Waals surface area contributed by atoms with Gasteiger partial charge in [-0.3, -0.25) is 10.1 Å². The summed E-state index contributed by atoms with van der Waals surface area (Å²) in [7, 11) is 1.26. The maximum Gasteiger partial charge on any atom is 0.331 e. The molecule has 0 bridgehead atoms. The minimum atomic E-state index is -1.27. The summed E-state index contributed by atoms with van der Waals surface area (Å²) in [6.45, 7) is 0.198. The quantitative estimate of drug-likeness (QED) is 0.472. The molecule has 0 aliphatic carbocycles. The van der Waals surface area contributed by atoms with E-state index in [0.29, 0.717) is 0 Å². The van der Waals surface area contributed by atoms with Crippen molar-refractivity contribution >= 4 is 5.69 Å². The first-order chi connectivity index (χ1) is 8.51. The zero-order chi connectivity index (χ0) is 13.7. The Balaban J connectivity index is 3.04. The first-order valence-electron chi connectivity index (χ1n) is 5.25. The maximum atomic E-state index is 10.8. The van der Waals surface area contributed by atoms with Crippen LogP contribution in [0.15, 0.2) is 12.3 Å². The van der Waals surface area contributed by atoms with Crippen LogP contribution in [-0.2, 0) is 0 Å². The minimum absolute atomic E-state index is 0.142. The van der Waals surface area contributed by atoms with Crippen LogP contribution < -0.4 is 10.5 Å². The van der Waals surface area contributed by atoms with Crippen LogP contribution in [0.3, 0.4) is 0 Å². The molecule has 100 valence electrons. The van der Waals surface area contributed by atoms with E-state index in [2.05, 4.69) is 4.98 Å². The van der Waals surface area contributed by atoms with E-state index in [4.69, 9.17) is 10.5 Å². The molecule has 2 unspecified atom stereocenters. The number of methoxy groups -OCH3 is 1. The summed E-state index contributed by atoms with van der Waals surface area (Å²) in [4.78, 5) is 13.8. The van der Waals surface area contributed by atoms with Gasteiger partial charge in [0.05, 0.1) is 18.1 Å². The molecule has 1 rings (SSSR count). The van der Waals surface area contributed by atoms with E-state index in [9.17, 15) is 20.3 Å². The molecule has 0 spiro atoms. The number of aliphatic hydroxyl groups excluding tert-OH is 2. The van der Waals surface area contributed by atoms with Crippen molar-refractivity contribution in [3.05, 3.63) is 27.9 Å². The van der Waals surface area contributed by atoms with Crippen LogP contribution in [0.25, 0.3) is 0 Å². The van der Waals surface area contributed by atoms with Gasteiger partial charge in [0.25, 0.3) is 5.88 Å². The largest absolute Gasteiger partial charge is 0.476 e. The van der Waals surface area contributed by atoms with Crippen LogP contribution in [0, 0.1) is 10.1 Å². The maximum absolute atomic E-state index is 10.8. The number of nitrogens with zero attached hydrogens (tertiary/aromatic N) is 2. The SMILES string of the molecule is COc1ncc(C(O)C(O)CCN)cc1[N+](=O)[O-]. The normalized spacial score (nSPS) is 14.0. The Morgan fingerprint density at radius 1 is 1.61 bits per heavy atom. The fourth-order valence-corrected chi connectivity index (χ4v) is 1.46. The molecular weight excluding hydrogens is 242 g/mol. The summed E-state index contributed by atoms with van der Waals surface area (Å²) < 4.78 is 4.73. The molecule has 18 heavy (non-hydrogen) atoms. The van der Waals surface area contributed by atoms with Crippen LogP contribution in [0.5, 0.6) is 5.88 Å². The van der Waals surface area contributed by atoms with Crippen LogP contribution in [-0.4, -0.2) is 39.9 Å². The summed E-state index contributed by atoms with van der Waals surface area (Å²) in [6.07, 6.45) is -0.965. The molecule has 0 saturated heterocycles. The summed E-state index contributed by atoms with van der Waals surface area (Å²) in [5, 5.41) is 30.1. The number of pyridine rings is 1. The van der Waals surface area contributed by atoms with Gasteiger partial charge in [-0.15, -0.1) is 0 Å². The Morgan fingerprint density at radius 2 is 2.28 bits per heavy atom. The van der Waals surface area contributed by atoms with E-state index in [1.807, 2.05) is 0 Å². The summed E-state index contributed by atoms with van der Waals surface area (Å²) in [6, 6.07) is 1.12. The Hall–Kier alpha value is -1.77. The van der Waals surface area contributed by atoms with Crippen LogP contribution in [0.1, 0.15) is 18.1 Å². The standard InChI is InChI=1S/C10H15N3O5/c1-18-10-7(13(16)17)4-6(5-12-10)9(15)8(14)2-3-11/h4-5,8-9,14-15H,2-3,11H2,1H3. The zero-order valence-electron chi connectivity index (χ0n) is 9.81. The lowest BCUT2D eigenvalue weighted by Gasteiger charge is -2.17. The first-order valence-corrected chi connectivity index (χ1v) is 5.25. The highest BCUT2D eigenvalue weighted by molar-refractivity contribution is 5.43. The number of nitro groups is 1. The Morgan fingerprint density at radius 3 is 2.78 bits per heavy atom. The summed E-state index contributed by atoms with van der Waals surface area (Å²) >= 11 is 0. The van der Waals surface area contributed by atoms with E-state index in [-0.39, 0.29) is 30.1 Å². The predicted octanol–water partition coefficient (Wildman–Crippen LogP) is -0.259. The Bertz CT molecular complexity index is 426. The van der Waals surface area contributed by atoms with Gasteiger partial charge in [0.1, 0.15) is 6.10 Å². The molecule has 1 aromatic heterocycles. The van der Waals surface area contributed by atoms with Crippen molar-refractivity contribution in [2.45, 2.75) is 18.6 Å². The van der Waals surface area contributed by atoms with E-state index < -0.39 is 17.1 Å². The third kappa shape index (κ3) is 3.13. The number of hydrogen-bond donors (Lipinski definition) is 3. The third-order valence-electron chi connectivity index (χ3n) is 2.41. The number of ether oxygens (including phenoxy) is 1. The average Bonchev–Trinajstić information content (AvgIpc) is 2.37. The molecule has 0 aliphatic heterocycles. The van der Waals surface area contributed by atoms with Gasteiger partial charge in [-0.2, -0.15) is 0 Å². The second-order valence-corrected chi connectivity index (χ2v) is 3.64. The molecule has 1 heterocycles. The molecule has 0 radical (unpaired) electrons. The first kappa shape index (κ1) is 14.3. The van der Waals surface area contributed by atoms with E-state index >= 15 is 0 Å². The van der Waals surface area contributed by atoms with Crippen molar-refractivity contribution in [1.29, 1.82) is 0 Å². The molecule has 0 saturated carbocycles. The van der Waals surface area contributed by atoms with Gasteiger partial charge in [0, 0.05) is 17.8 Å². The van der Waals surface area contributed by atoms with Crippen molar-refractivity contribution < 1.29 is 19.9 Å². The lowest BCUT2D eigenvalue weighted by atomic mass is 10.0. The van der Waals surface area contributed by atoms with Gasteiger partial charge >= 0.3 is 5.69 Å². The molecule has 0 aromatic carbocycles. The number of rotatable bonds is 6. The van der Waals surface area contributed by atoms with Crippen molar-refractivity contribution in [3.63, 3.8) is 0 Å². The zero-order valence-corrected chi connectivity index (χ0v) is 9.81. The van der Waals surface area contributed by atoms with Crippen molar-refractivity contribution in [2.75, 3.05) is 13.7 Å². The van der Waals surface area contributed by atoms with Gasteiger partial charge in [0.15, 0.2) is 0 Å². The third-order valence-corrected chi connectivity index (χ3v) is 2.41. The number of hydrogen-bond acceptors (Lipinski definition) is 7. The summed E-state index contributed by atoms with van der Waals surface area (Å²) in [5.74, 6) is -0.149. The molecule has 8 heteroatoms. The van der Waals surface area contributed by atoms with Crippen LogP contribution in [0.2, 0.25) is 0 Å². The predicted molar refractivity (Wildman–Crippen MR) is 62.1 cm³/mol. The topological polar surface area (TPSA) is 132 Å². The van der Waals surface area contributed by atoms with Crippen molar-refractivity contribution in [3.8, 4) is 5.88 Å². The van der Waals surface area contributed by atoms with Gasteiger partial charge in [0.2, 0.25) is 0 Å². The van der Waals surface area contributed by atoms with Gasteiger partial charge in [-0.25, -0.2) is 4.98 Å². The Labute approximate surface area is 103 Å². The molecule has 1 aromatic rings. The smallest absolute Gasteiger partial charge is 0.331 e. The fraction of sp³-hybridized carbons (Fsp3) is 0.500. The monoisotopic (exact) mass is 257 g/mol. The highest BCUT2D eigenvalue weighted by atomic mass is 16.6. The number of nitrogens with two attached hydrogens (primary N) is 1. The van der Waals surface area contributed by atoms with E-state index in [0.717, 1.165) is 6.07 Å². The lowest BCUT2D eigenvalue weighted by Crippen LogP contribution is -2.22. The molecule has 8 nitrogen and oxygen atoms in total. The van der Waals surface area contributed by atoms with Crippen molar-refractivity contribution in [2.24, 2.45) is 5.73 Å². The number of aliphatic hydroxyl groups is 2. The highest BCUT2D eigenvalue weighted by Gasteiger charge is 2.23. The molecular formula is C10H15N3O5.